The zero-order valence-corrected chi connectivity index (χ0v) is 8.81. The maximum atomic E-state index is 6.07. The van der Waals surface area contributed by atoms with Gasteiger partial charge >= 0.3 is 0 Å². The Kier molecular flexibility index (Phi) is 4.38. The van der Waals surface area contributed by atoms with Crippen molar-refractivity contribution in [1.29, 1.82) is 0 Å². The van der Waals surface area contributed by atoms with Gasteiger partial charge in [0.2, 0.25) is 0 Å². The predicted octanol–water partition coefficient (Wildman–Crippen LogP) is 3.41. The third kappa shape index (κ3) is 2.37. The van der Waals surface area contributed by atoms with E-state index in [-0.39, 0.29) is 5.56 Å². The first kappa shape index (κ1) is 10.3. The maximum Gasteiger partial charge on any atom is 0.134 e. The largest absolute Gasteiger partial charge is 0.362 e. The lowest BCUT2D eigenvalue weighted by molar-refractivity contribution is 0.148. The molecule has 0 aromatic heterocycles. The van der Waals surface area contributed by atoms with Gasteiger partial charge in [0.25, 0.3) is 0 Å². The zero-order valence-electron chi connectivity index (χ0n) is 8.05. The van der Waals surface area contributed by atoms with Crippen LogP contribution in [0.25, 0.3) is 0 Å². The Morgan fingerprint density at radius 2 is 2.17 bits per heavy atom. The van der Waals surface area contributed by atoms with Gasteiger partial charge in [-0.25, -0.2) is 0 Å². The molecular formula is C10H19ClO. The third-order valence-corrected chi connectivity index (χ3v) is 3.28. The van der Waals surface area contributed by atoms with E-state index >= 15 is 0 Å². The van der Waals surface area contributed by atoms with Crippen molar-refractivity contribution < 1.29 is 4.74 Å². The van der Waals surface area contributed by atoms with Crippen LogP contribution in [0.3, 0.4) is 0 Å². The Balaban J connectivity index is 2.35. The molecule has 0 aromatic rings. The Hall–Kier alpha value is 0.250. The first-order chi connectivity index (χ1) is 5.79. The second-order valence-corrected chi connectivity index (χ2v) is 4.09. The van der Waals surface area contributed by atoms with E-state index < -0.39 is 0 Å². The van der Waals surface area contributed by atoms with Crippen LogP contribution in [-0.2, 0) is 4.74 Å². The molecule has 1 rings (SSSR count). The van der Waals surface area contributed by atoms with Crippen LogP contribution < -0.4 is 0 Å². The minimum absolute atomic E-state index is 0.0125. The molecule has 0 radical (unpaired) electrons. The number of ether oxygens (including phenoxy) is 1. The average Bonchev–Trinajstić information content (AvgIpc) is 2.43. The fraction of sp³-hybridized carbons (Fsp3) is 1.00. The summed E-state index contributed by atoms with van der Waals surface area (Å²) in [6.45, 7) is 5.32. The minimum Gasteiger partial charge on any atom is -0.362 e. The molecule has 1 heterocycles. The highest BCUT2D eigenvalue weighted by Crippen LogP contribution is 2.35. The molecule has 0 aromatic carbocycles. The van der Waals surface area contributed by atoms with Crippen molar-refractivity contribution in [2.75, 3.05) is 6.61 Å². The highest BCUT2D eigenvalue weighted by Gasteiger charge is 2.33. The number of alkyl halides is 1. The molecule has 0 saturated carbocycles. The van der Waals surface area contributed by atoms with E-state index in [9.17, 15) is 0 Å². The van der Waals surface area contributed by atoms with Gasteiger partial charge in [-0.1, -0.05) is 44.7 Å². The van der Waals surface area contributed by atoms with E-state index in [1.165, 1.54) is 25.7 Å². The summed E-state index contributed by atoms with van der Waals surface area (Å²) in [7, 11) is 0. The van der Waals surface area contributed by atoms with Crippen LogP contribution >= 0.6 is 11.6 Å². The van der Waals surface area contributed by atoms with E-state index in [1.54, 1.807) is 0 Å². The Morgan fingerprint density at radius 1 is 1.42 bits per heavy atom. The van der Waals surface area contributed by atoms with Crippen LogP contribution in [0.5, 0.6) is 0 Å². The summed E-state index contributed by atoms with van der Waals surface area (Å²) in [4.78, 5) is 0. The maximum absolute atomic E-state index is 6.07. The van der Waals surface area contributed by atoms with Gasteiger partial charge < -0.3 is 4.74 Å². The van der Waals surface area contributed by atoms with E-state index in [0.29, 0.717) is 11.8 Å². The lowest BCUT2D eigenvalue weighted by Gasteiger charge is -2.17. The molecule has 0 spiro atoms. The number of hydrogen-bond donors (Lipinski definition) is 0. The summed E-state index contributed by atoms with van der Waals surface area (Å²) in [6.07, 6.45) is 4.99. The van der Waals surface area contributed by atoms with Crippen molar-refractivity contribution in [2.45, 2.75) is 45.1 Å². The molecule has 1 saturated heterocycles. The second kappa shape index (κ2) is 5.08. The Labute approximate surface area is 80.4 Å². The summed E-state index contributed by atoms with van der Waals surface area (Å²) in [6, 6.07) is 0. The van der Waals surface area contributed by atoms with E-state index in [1.807, 2.05) is 0 Å². The molecule has 0 N–H and O–H groups in total. The van der Waals surface area contributed by atoms with Crippen molar-refractivity contribution in [3.63, 3.8) is 0 Å². The van der Waals surface area contributed by atoms with Crippen molar-refractivity contribution in [1.82, 2.24) is 0 Å². The standard InChI is InChI=1S/C10H19ClO/c1-3-5-6-9-8(4-2)7-12-10(9)11/h8-10H,3-7H2,1-2H3. The van der Waals surface area contributed by atoms with Crippen molar-refractivity contribution >= 4 is 11.6 Å². The van der Waals surface area contributed by atoms with E-state index in [0.717, 1.165) is 6.61 Å². The molecule has 0 amide bonds. The molecule has 12 heavy (non-hydrogen) atoms. The van der Waals surface area contributed by atoms with Gasteiger partial charge in [0.05, 0.1) is 6.61 Å². The van der Waals surface area contributed by atoms with Crippen LogP contribution in [0, 0.1) is 11.8 Å². The van der Waals surface area contributed by atoms with Crippen LogP contribution in [0.15, 0.2) is 0 Å². The lowest BCUT2D eigenvalue weighted by Crippen LogP contribution is -2.15. The molecule has 1 aliphatic heterocycles. The van der Waals surface area contributed by atoms with Gasteiger partial charge in [-0.3, -0.25) is 0 Å². The monoisotopic (exact) mass is 190 g/mol. The van der Waals surface area contributed by atoms with Gasteiger partial charge in [-0.2, -0.15) is 0 Å². The highest BCUT2D eigenvalue weighted by atomic mass is 35.5. The van der Waals surface area contributed by atoms with Crippen LogP contribution in [0.1, 0.15) is 39.5 Å². The summed E-state index contributed by atoms with van der Waals surface area (Å²) in [5.41, 5.74) is -0.0125. The fourth-order valence-corrected chi connectivity index (χ4v) is 2.31. The lowest BCUT2D eigenvalue weighted by atomic mass is 9.89. The van der Waals surface area contributed by atoms with E-state index in [4.69, 9.17) is 16.3 Å². The van der Waals surface area contributed by atoms with Crippen molar-refractivity contribution in [2.24, 2.45) is 11.8 Å². The normalized spacial score (nSPS) is 35.8. The molecule has 1 aliphatic rings. The summed E-state index contributed by atoms with van der Waals surface area (Å²) in [5, 5.41) is 0. The smallest absolute Gasteiger partial charge is 0.134 e. The molecule has 1 fully saturated rings. The van der Waals surface area contributed by atoms with Crippen LogP contribution in [0.4, 0.5) is 0 Å². The second-order valence-electron chi connectivity index (χ2n) is 3.66. The molecule has 0 bridgehead atoms. The van der Waals surface area contributed by atoms with Crippen LogP contribution in [-0.4, -0.2) is 12.2 Å². The molecule has 0 aliphatic carbocycles. The molecule has 72 valence electrons. The Bertz CT molecular complexity index is 127. The number of unbranched alkanes of at least 4 members (excludes halogenated alkanes) is 1. The summed E-state index contributed by atoms with van der Waals surface area (Å²) < 4.78 is 5.43. The van der Waals surface area contributed by atoms with Crippen molar-refractivity contribution in [3.05, 3.63) is 0 Å². The third-order valence-electron chi connectivity index (χ3n) is 2.83. The van der Waals surface area contributed by atoms with Crippen molar-refractivity contribution in [3.8, 4) is 0 Å². The molecule has 1 nitrogen and oxygen atoms in total. The summed E-state index contributed by atoms with van der Waals surface area (Å²) >= 11 is 6.07. The predicted molar refractivity (Wildman–Crippen MR) is 52.4 cm³/mol. The first-order valence-corrected chi connectivity index (χ1v) is 5.48. The number of hydrogen-bond acceptors (Lipinski definition) is 1. The first-order valence-electron chi connectivity index (χ1n) is 5.05. The average molecular weight is 191 g/mol. The highest BCUT2D eigenvalue weighted by molar-refractivity contribution is 6.20. The number of rotatable bonds is 4. The minimum atomic E-state index is -0.0125. The van der Waals surface area contributed by atoms with Gasteiger partial charge in [0.15, 0.2) is 0 Å². The topological polar surface area (TPSA) is 9.23 Å². The van der Waals surface area contributed by atoms with E-state index in [2.05, 4.69) is 13.8 Å². The molecular weight excluding hydrogens is 172 g/mol. The summed E-state index contributed by atoms with van der Waals surface area (Å²) in [5.74, 6) is 1.32. The van der Waals surface area contributed by atoms with Crippen LogP contribution in [0.2, 0.25) is 0 Å². The fourth-order valence-electron chi connectivity index (χ4n) is 1.90. The number of halogens is 1. The van der Waals surface area contributed by atoms with Gasteiger partial charge in [-0.05, 0) is 12.3 Å². The Morgan fingerprint density at radius 3 is 2.75 bits per heavy atom. The SMILES string of the molecule is CCCCC1C(CC)COC1Cl. The van der Waals surface area contributed by atoms with Gasteiger partial charge in [-0.15, -0.1) is 0 Å². The molecule has 3 unspecified atom stereocenters. The van der Waals surface area contributed by atoms with Gasteiger partial charge in [0.1, 0.15) is 5.56 Å². The molecule has 3 atom stereocenters. The molecule has 2 heteroatoms. The van der Waals surface area contributed by atoms with Gasteiger partial charge in [0, 0.05) is 5.92 Å². The zero-order chi connectivity index (χ0) is 8.97. The quantitative estimate of drug-likeness (QED) is 0.618.